The van der Waals surface area contributed by atoms with E-state index in [1.54, 1.807) is 0 Å². The summed E-state index contributed by atoms with van der Waals surface area (Å²) in [6.45, 7) is 8.01. The predicted molar refractivity (Wildman–Crippen MR) is 88.4 cm³/mol. The molecule has 1 rings (SSSR count). The summed E-state index contributed by atoms with van der Waals surface area (Å²) in [6, 6.07) is 5.64. The number of nitrogens with one attached hydrogen (secondary N) is 1. The molecular formula is C16H27N3O2. The minimum atomic E-state index is 0.403. The number of nitrogens with zero attached hydrogens (tertiary/aromatic N) is 1. The van der Waals surface area contributed by atoms with Gasteiger partial charge < -0.3 is 20.5 Å². The zero-order valence-electron chi connectivity index (χ0n) is 13.3. The third kappa shape index (κ3) is 6.38. The van der Waals surface area contributed by atoms with Crippen LogP contribution in [0.2, 0.25) is 0 Å². The van der Waals surface area contributed by atoms with Gasteiger partial charge in [-0.15, -0.1) is 0 Å². The Morgan fingerprint density at radius 2 is 1.90 bits per heavy atom. The minimum absolute atomic E-state index is 0.403. The first kappa shape index (κ1) is 17.1. The maximum absolute atomic E-state index is 5.92. The third-order valence-electron chi connectivity index (χ3n) is 2.87. The van der Waals surface area contributed by atoms with Gasteiger partial charge in [0.2, 0.25) is 0 Å². The normalized spacial score (nSPS) is 11.3. The fourth-order valence-electron chi connectivity index (χ4n) is 1.88. The van der Waals surface area contributed by atoms with Crippen LogP contribution in [-0.4, -0.2) is 25.7 Å². The summed E-state index contributed by atoms with van der Waals surface area (Å²) in [4.78, 5) is 4.32. The van der Waals surface area contributed by atoms with Gasteiger partial charge in [0.15, 0.2) is 5.96 Å². The van der Waals surface area contributed by atoms with E-state index in [1.807, 2.05) is 32.0 Å². The molecule has 21 heavy (non-hydrogen) atoms. The Morgan fingerprint density at radius 3 is 2.57 bits per heavy atom. The summed E-state index contributed by atoms with van der Waals surface area (Å²) in [5.74, 6) is 1.93. The summed E-state index contributed by atoms with van der Waals surface area (Å²) in [7, 11) is 0. The molecule has 0 saturated heterocycles. The number of hydrogen-bond donors (Lipinski definition) is 2. The van der Waals surface area contributed by atoms with Crippen LogP contribution >= 0.6 is 0 Å². The number of rotatable bonds is 9. The topological polar surface area (TPSA) is 68.9 Å². The quantitative estimate of drug-likeness (QED) is 0.416. The van der Waals surface area contributed by atoms with Crippen molar-refractivity contribution < 1.29 is 9.47 Å². The highest BCUT2D eigenvalue weighted by Gasteiger charge is 2.07. The van der Waals surface area contributed by atoms with Gasteiger partial charge in [-0.3, -0.25) is 4.99 Å². The molecule has 0 aliphatic carbocycles. The number of guanidine groups is 1. The Bertz CT molecular complexity index is 447. The van der Waals surface area contributed by atoms with E-state index in [1.165, 1.54) is 12.8 Å². The first-order chi connectivity index (χ1) is 10.2. The molecule has 0 unspecified atom stereocenters. The lowest BCUT2D eigenvalue weighted by atomic mass is 10.2. The van der Waals surface area contributed by atoms with Crippen LogP contribution in [0, 0.1) is 0 Å². The first-order valence-corrected chi connectivity index (χ1v) is 7.67. The highest BCUT2D eigenvalue weighted by molar-refractivity contribution is 5.94. The second-order valence-corrected chi connectivity index (χ2v) is 4.62. The molecule has 3 N–H and O–H groups in total. The summed E-state index contributed by atoms with van der Waals surface area (Å²) in [5.41, 5.74) is 6.70. The van der Waals surface area contributed by atoms with E-state index in [4.69, 9.17) is 15.2 Å². The van der Waals surface area contributed by atoms with Gasteiger partial charge in [0.1, 0.15) is 11.5 Å². The molecule has 0 aromatic heterocycles. The van der Waals surface area contributed by atoms with Gasteiger partial charge in [-0.25, -0.2) is 0 Å². The van der Waals surface area contributed by atoms with Crippen LogP contribution in [0.25, 0.3) is 0 Å². The molecule has 0 fully saturated rings. The molecule has 5 heteroatoms. The lowest BCUT2D eigenvalue weighted by molar-refractivity contribution is 0.332. The molecule has 0 heterocycles. The van der Waals surface area contributed by atoms with E-state index in [2.05, 4.69) is 17.2 Å². The van der Waals surface area contributed by atoms with Crippen molar-refractivity contribution in [2.75, 3.05) is 25.1 Å². The van der Waals surface area contributed by atoms with Crippen molar-refractivity contribution >= 4 is 11.6 Å². The molecule has 0 aliphatic heterocycles. The third-order valence-corrected chi connectivity index (χ3v) is 2.87. The van der Waals surface area contributed by atoms with E-state index in [0.29, 0.717) is 19.2 Å². The molecule has 0 aliphatic rings. The fraction of sp³-hybridized carbons (Fsp3) is 0.562. The number of anilines is 1. The number of aliphatic imine (C=N–C) groups is 1. The van der Waals surface area contributed by atoms with Crippen molar-refractivity contribution in [3.63, 3.8) is 0 Å². The van der Waals surface area contributed by atoms with Crippen molar-refractivity contribution in [2.45, 2.75) is 40.0 Å². The van der Waals surface area contributed by atoms with E-state index in [0.717, 1.165) is 30.2 Å². The first-order valence-electron chi connectivity index (χ1n) is 7.67. The second-order valence-electron chi connectivity index (χ2n) is 4.62. The zero-order valence-corrected chi connectivity index (χ0v) is 13.3. The standard InChI is InChI=1S/C16H27N3O2/c1-4-7-8-11-18-16(17)19-14-12-13(20-5-2)9-10-15(14)21-6-3/h9-10,12H,4-8,11H2,1-3H3,(H3,17,18,19). The minimum Gasteiger partial charge on any atom is -0.494 e. The van der Waals surface area contributed by atoms with Gasteiger partial charge in [0, 0.05) is 12.6 Å². The van der Waals surface area contributed by atoms with Crippen molar-refractivity contribution in [3.05, 3.63) is 18.2 Å². The molecule has 0 atom stereocenters. The highest BCUT2D eigenvalue weighted by atomic mass is 16.5. The van der Waals surface area contributed by atoms with Gasteiger partial charge >= 0.3 is 0 Å². The monoisotopic (exact) mass is 293 g/mol. The van der Waals surface area contributed by atoms with E-state index >= 15 is 0 Å². The van der Waals surface area contributed by atoms with E-state index in [9.17, 15) is 0 Å². The van der Waals surface area contributed by atoms with Crippen LogP contribution in [0.1, 0.15) is 40.0 Å². The van der Waals surface area contributed by atoms with E-state index in [-0.39, 0.29) is 0 Å². The molecule has 0 saturated carbocycles. The van der Waals surface area contributed by atoms with Crippen LogP contribution in [0.5, 0.6) is 11.5 Å². The average molecular weight is 293 g/mol. The molecule has 1 aromatic rings. The number of hydrogen-bond acceptors (Lipinski definition) is 3. The zero-order chi connectivity index (χ0) is 15.5. The summed E-state index contributed by atoms with van der Waals surface area (Å²) >= 11 is 0. The van der Waals surface area contributed by atoms with Crippen LogP contribution in [0.15, 0.2) is 23.2 Å². The highest BCUT2D eigenvalue weighted by Crippen LogP contribution is 2.29. The van der Waals surface area contributed by atoms with Crippen molar-refractivity contribution in [1.82, 2.24) is 0 Å². The van der Waals surface area contributed by atoms with E-state index < -0.39 is 0 Å². The predicted octanol–water partition coefficient (Wildman–Crippen LogP) is 3.40. The van der Waals surface area contributed by atoms with Crippen LogP contribution in [0.4, 0.5) is 5.69 Å². The maximum atomic E-state index is 5.92. The largest absolute Gasteiger partial charge is 0.494 e. The van der Waals surface area contributed by atoms with Gasteiger partial charge in [-0.1, -0.05) is 19.8 Å². The molecule has 1 aromatic carbocycles. The summed E-state index contributed by atoms with van der Waals surface area (Å²) in [5, 5.41) is 3.09. The van der Waals surface area contributed by atoms with Crippen molar-refractivity contribution in [3.8, 4) is 11.5 Å². The SMILES string of the molecule is CCCCCN=C(N)Nc1cc(OCC)ccc1OCC. The number of nitrogens with two attached hydrogens (primary N) is 1. The lowest BCUT2D eigenvalue weighted by Crippen LogP contribution is -2.23. The Hall–Kier alpha value is -1.91. The molecular weight excluding hydrogens is 266 g/mol. The van der Waals surface area contributed by atoms with Crippen molar-refractivity contribution in [2.24, 2.45) is 10.7 Å². The summed E-state index contributed by atoms with van der Waals surface area (Å²) in [6.07, 6.45) is 3.39. The van der Waals surface area contributed by atoms with Crippen LogP contribution < -0.4 is 20.5 Å². The second kappa shape index (κ2) is 9.91. The molecule has 0 spiro atoms. The van der Waals surface area contributed by atoms with Gasteiger partial charge in [-0.05, 0) is 32.4 Å². The molecule has 0 amide bonds. The maximum Gasteiger partial charge on any atom is 0.193 e. The Morgan fingerprint density at radius 1 is 1.14 bits per heavy atom. The average Bonchev–Trinajstić information content (AvgIpc) is 2.47. The lowest BCUT2D eigenvalue weighted by Gasteiger charge is -2.14. The Labute approximate surface area is 127 Å². The molecule has 0 radical (unpaired) electrons. The van der Waals surface area contributed by atoms with Gasteiger partial charge in [0.25, 0.3) is 0 Å². The Kier molecular flexibility index (Phi) is 8.09. The smallest absolute Gasteiger partial charge is 0.193 e. The molecule has 0 bridgehead atoms. The van der Waals surface area contributed by atoms with Crippen molar-refractivity contribution in [1.29, 1.82) is 0 Å². The number of ether oxygens (including phenoxy) is 2. The molecule has 118 valence electrons. The van der Waals surface area contributed by atoms with Crippen LogP contribution in [0.3, 0.4) is 0 Å². The summed E-state index contributed by atoms with van der Waals surface area (Å²) < 4.78 is 11.1. The van der Waals surface area contributed by atoms with Gasteiger partial charge in [0.05, 0.1) is 18.9 Å². The molecule has 5 nitrogen and oxygen atoms in total. The Balaban J connectivity index is 2.75. The number of benzene rings is 1. The number of unbranched alkanes of at least 4 members (excludes halogenated alkanes) is 2. The van der Waals surface area contributed by atoms with Gasteiger partial charge in [-0.2, -0.15) is 0 Å². The fourth-order valence-corrected chi connectivity index (χ4v) is 1.88. The van der Waals surface area contributed by atoms with Crippen LogP contribution in [-0.2, 0) is 0 Å².